The summed E-state index contributed by atoms with van der Waals surface area (Å²) in [7, 11) is 0. The topological polar surface area (TPSA) is 12.9 Å². The average molecular weight is 189 g/mol. The summed E-state index contributed by atoms with van der Waals surface area (Å²) in [5.74, 6) is 0.930. The molecule has 0 aromatic carbocycles. The molecule has 0 radical (unpaired) electrons. The molecule has 0 spiro atoms. The van der Waals surface area contributed by atoms with Gasteiger partial charge in [0.05, 0.1) is 0 Å². The third-order valence-electron chi connectivity index (χ3n) is 3.25. The molecule has 1 fully saturated rings. The van der Waals surface area contributed by atoms with Gasteiger partial charge >= 0.3 is 0 Å². The van der Waals surface area contributed by atoms with Gasteiger partial charge in [0.15, 0.2) is 0 Å². The van der Waals surface area contributed by atoms with Gasteiger partial charge in [0.25, 0.3) is 0 Å². The van der Waals surface area contributed by atoms with Gasteiger partial charge in [-0.2, -0.15) is 0 Å². The molecule has 1 aliphatic carbocycles. The van der Waals surface area contributed by atoms with Crippen molar-refractivity contribution in [1.82, 2.24) is 4.98 Å². The van der Waals surface area contributed by atoms with Crippen molar-refractivity contribution >= 4 is 0 Å². The van der Waals surface area contributed by atoms with Crippen molar-refractivity contribution in [3.8, 4) is 0 Å². The van der Waals surface area contributed by atoms with E-state index in [0.29, 0.717) is 0 Å². The molecule has 0 amide bonds. The third-order valence-corrected chi connectivity index (χ3v) is 3.25. The lowest BCUT2D eigenvalue weighted by Crippen LogP contribution is -2.02. The van der Waals surface area contributed by atoms with Gasteiger partial charge in [-0.3, -0.25) is 4.98 Å². The lowest BCUT2D eigenvalue weighted by atomic mass is 9.93. The fourth-order valence-corrected chi connectivity index (χ4v) is 2.42. The first kappa shape index (κ1) is 9.70. The molecule has 0 N–H and O–H groups in total. The van der Waals surface area contributed by atoms with E-state index in [1.54, 1.807) is 0 Å². The van der Waals surface area contributed by atoms with Crippen molar-refractivity contribution in [3.63, 3.8) is 0 Å². The van der Waals surface area contributed by atoms with Crippen LogP contribution < -0.4 is 0 Å². The maximum atomic E-state index is 4.06. The van der Waals surface area contributed by atoms with Crippen molar-refractivity contribution in [1.29, 1.82) is 0 Å². The van der Waals surface area contributed by atoms with Gasteiger partial charge in [0.1, 0.15) is 0 Å². The minimum absolute atomic E-state index is 0.930. The molecule has 0 atom stereocenters. The minimum atomic E-state index is 0.930. The Kier molecular flexibility index (Phi) is 3.56. The Hall–Kier alpha value is -0.850. The van der Waals surface area contributed by atoms with Crippen LogP contribution in [-0.2, 0) is 6.42 Å². The van der Waals surface area contributed by atoms with E-state index in [0.717, 1.165) is 5.92 Å². The van der Waals surface area contributed by atoms with Crippen LogP contribution in [0, 0.1) is 5.92 Å². The normalized spacial score (nSPS) is 19.1. The van der Waals surface area contributed by atoms with Crippen LogP contribution in [0.5, 0.6) is 0 Å². The number of hydrogen-bond acceptors (Lipinski definition) is 1. The summed E-state index contributed by atoms with van der Waals surface area (Å²) in [6, 6.07) is 4.32. The summed E-state index contributed by atoms with van der Waals surface area (Å²) >= 11 is 0. The highest BCUT2D eigenvalue weighted by atomic mass is 14.6. The van der Waals surface area contributed by atoms with Crippen molar-refractivity contribution in [3.05, 3.63) is 30.1 Å². The highest BCUT2D eigenvalue weighted by molar-refractivity contribution is 5.10. The quantitative estimate of drug-likeness (QED) is 0.648. The number of nitrogens with zero attached hydrogens (tertiary/aromatic N) is 1. The first-order valence-corrected chi connectivity index (χ1v) is 5.84. The highest BCUT2D eigenvalue weighted by Gasteiger charge is 2.12. The fourth-order valence-electron chi connectivity index (χ4n) is 2.42. The third kappa shape index (κ3) is 2.83. The van der Waals surface area contributed by atoms with Gasteiger partial charge < -0.3 is 0 Å². The molecule has 0 aliphatic heterocycles. The number of pyridine rings is 1. The first-order valence-electron chi connectivity index (χ1n) is 5.84. The van der Waals surface area contributed by atoms with Crippen molar-refractivity contribution in [2.24, 2.45) is 5.92 Å². The Morgan fingerprint density at radius 2 is 1.64 bits per heavy atom. The summed E-state index contributed by atoms with van der Waals surface area (Å²) in [5.41, 5.74) is 1.46. The molecule has 0 bridgehead atoms. The zero-order valence-corrected chi connectivity index (χ0v) is 8.78. The Morgan fingerprint density at radius 3 is 2.29 bits per heavy atom. The molecule has 1 heteroatoms. The summed E-state index contributed by atoms with van der Waals surface area (Å²) in [4.78, 5) is 4.06. The predicted octanol–water partition coefficient (Wildman–Crippen LogP) is 3.59. The van der Waals surface area contributed by atoms with Gasteiger partial charge in [-0.1, -0.05) is 38.5 Å². The molecule has 1 nitrogen and oxygen atoms in total. The molecule has 1 saturated carbocycles. The standard InChI is InChI=1S/C13H19N/c1-2-4-6-12(5-3-1)11-13-7-9-14-10-8-13/h7-10,12H,1-6,11H2. The van der Waals surface area contributed by atoms with Crippen LogP contribution in [-0.4, -0.2) is 4.98 Å². The molecule has 14 heavy (non-hydrogen) atoms. The Balaban J connectivity index is 1.90. The van der Waals surface area contributed by atoms with Crippen molar-refractivity contribution in [2.75, 3.05) is 0 Å². The van der Waals surface area contributed by atoms with E-state index >= 15 is 0 Å². The fraction of sp³-hybridized carbons (Fsp3) is 0.615. The zero-order chi connectivity index (χ0) is 9.64. The molecule has 1 aromatic heterocycles. The lowest BCUT2D eigenvalue weighted by Gasteiger charge is -2.13. The lowest BCUT2D eigenvalue weighted by molar-refractivity contribution is 0.458. The van der Waals surface area contributed by atoms with Crippen molar-refractivity contribution in [2.45, 2.75) is 44.9 Å². The molecule has 1 aromatic rings. The number of rotatable bonds is 2. The maximum absolute atomic E-state index is 4.06. The second-order valence-corrected chi connectivity index (χ2v) is 4.42. The van der Waals surface area contributed by atoms with Crippen LogP contribution in [0.15, 0.2) is 24.5 Å². The summed E-state index contributed by atoms with van der Waals surface area (Å²) in [6.45, 7) is 0. The average Bonchev–Trinajstić information content (AvgIpc) is 2.48. The summed E-state index contributed by atoms with van der Waals surface area (Å²) in [5, 5.41) is 0. The summed E-state index contributed by atoms with van der Waals surface area (Å²) < 4.78 is 0. The molecule has 76 valence electrons. The molecule has 1 aliphatic rings. The smallest absolute Gasteiger partial charge is 0.0270 e. The van der Waals surface area contributed by atoms with Gasteiger partial charge in [-0.05, 0) is 30.0 Å². The van der Waals surface area contributed by atoms with E-state index < -0.39 is 0 Å². The Labute approximate surface area is 86.6 Å². The largest absolute Gasteiger partial charge is 0.265 e. The molecule has 0 saturated heterocycles. The van der Waals surface area contributed by atoms with Gasteiger partial charge in [0.2, 0.25) is 0 Å². The zero-order valence-electron chi connectivity index (χ0n) is 8.78. The Bertz CT molecular complexity index is 247. The van der Waals surface area contributed by atoms with E-state index in [1.807, 2.05) is 12.4 Å². The monoisotopic (exact) mass is 189 g/mol. The van der Waals surface area contributed by atoms with Crippen LogP contribution in [0.25, 0.3) is 0 Å². The summed E-state index contributed by atoms with van der Waals surface area (Å²) in [6.07, 6.45) is 13.7. The predicted molar refractivity (Wildman–Crippen MR) is 59.1 cm³/mol. The molecule has 0 unspecified atom stereocenters. The van der Waals surface area contributed by atoms with Crippen LogP contribution in [0.2, 0.25) is 0 Å². The van der Waals surface area contributed by atoms with E-state index in [4.69, 9.17) is 0 Å². The van der Waals surface area contributed by atoms with Gasteiger partial charge in [0, 0.05) is 12.4 Å². The van der Waals surface area contributed by atoms with E-state index in [9.17, 15) is 0 Å². The van der Waals surface area contributed by atoms with Gasteiger partial charge in [-0.25, -0.2) is 0 Å². The number of aromatic nitrogens is 1. The SMILES string of the molecule is c1cc(CC2CCCCCC2)ccn1. The van der Waals surface area contributed by atoms with Crippen LogP contribution >= 0.6 is 0 Å². The van der Waals surface area contributed by atoms with Crippen LogP contribution in [0.1, 0.15) is 44.1 Å². The van der Waals surface area contributed by atoms with Crippen molar-refractivity contribution < 1.29 is 0 Å². The van der Waals surface area contributed by atoms with Crippen LogP contribution in [0.3, 0.4) is 0 Å². The molecule has 2 rings (SSSR count). The Morgan fingerprint density at radius 1 is 1.00 bits per heavy atom. The second kappa shape index (κ2) is 5.14. The van der Waals surface area contributed by atoms with E-state index in [-0.39, 0.29) is 0 Å². The minimum Gasteiger partial charge on any atom is -0.265 e. The molecule has 1 heterocycles. The van der Waals surface area contributed by atoms with E-state index in [2.05, 4.69) is 17.1 Å². The number of hydrogen-bond donors (Lipinski definition) is 0. The molecular weight excluding hydrogens is 170 g/mol. The van der Waals surface area contributed by atoms with Gasteiger partial charge in [-0.15, -0.1) is 0 Å². The van der Waals surface area contributed by atoms with Crippen LogP contribution in [0.4, 0.5) is 0 Å². The molecular formula is C13H19N. The van der Waals surface area contributed by atoms with E-state index in [1.165, 1.54) is 50.5 Å². The second-order valence-electron chi connectivity index (χ2n) is 4.42. The highest BCUT2D eigenvalue weighted by Crippen LogP contribution is 2.25. The maximum Gasteiger partial charge on any atom is 0.0270 e. The first-order chi connectivity index (χ1) is 6.95.